The number of nitrogens with zero attached hydrogens (tertiary/aromatic N) is 1. The first-order chi connectivity index (χ1) is 13.0. The lowest BCUT2D eigenvalue weighted by Crippen LogP contribution is -2.30. The number of hydrogen-bond acceptors (Lipinski definition) is 4. The summed E-state index contributed by atoms with van der Waals surface area (Å²) < 4.78 is 0.733. The molecule has 1 aromatic heterocycles. The van der Waals surface area contributed by atoms with E-state index in [2.05, 4.69) is 5.32 Å². The number of likely N-dealkylation sites (N-methyl/N-ethyl adjacent to an activating group) is 1. The minimum Gasteiger partial charge on any atom is -0.324 e. The molecular weight excluding hydrogens is 380 g/mol. The molecule has 1 amide bonds. The molecule has 0 saturated carbocycles. The van der Waals surface area contributed by atoms with Crippen LogP contribution in [0.25, 0.3) is 0 Å². The van der Waals surface area contributed by atoms with Crippen molar-refractivity contribution in [2.24, 2.45) is 0 Å². The third-order valence-corrected chi connectivity index (χ3v) is 5.17. The number of rotatable bonds is 7. The number of anilines is 1. The fourth-order valence-electron chi connectivity index (χ4n) is 2.73. The van der Waals surface area contributed by atoms with E-state index in [1.54, 1.807) is 36.4 Å². The van der Waals surface area contributed by atoms with E-state index in [1.807, 2.05) is 42.3 Å². The number of benzene rings is 2. The van der Waals surface area contributed by atoms with Crippen LogP contribution in [-0.2, 0) is 11.3 Å². The van der Waals surface area contributed by atoms with Crippen LogP contribution in [0.1, 0.15) is 20.8 Å². The van der Waals surface area contributed by atoms with Crippen LogP contribution in [0.2, 0.25) is 4.34 Å². The van der Waals surface area contributed by atoms with Crippen molar-refractivity contribution < 1.29 is 9.59 Å². The van der Waals surface area contributed by atoms with E-state index in [0.29, 0.717) is 23.4 Å². The summed E-state index contributed by atoms with van der Waals surface area (Å²) >= 11 is 7.44. The normalized spacial score (nSPS) is 10.8. The average Bonchev–Trinajstić information content (AvgIpc) is 3.06. The number of thiophene rings is 1. The third kappa shape index (κ3) is 5.26. The van der Waals surface area contributed by atoms with Crippen LogP contribution < -0.4 is 5.32 Å². The first kappa shape index (κ1) is 19.3. The molecule has 0 aliphatic heterocycles. The summed E-state index contributed by atoms with van der Waals surface area (Å²) in [4.78, 5) is 28.2. The molecule has 0 atom stereocenters. The standard InChI is InChI=1S/C21H19ClN2O2S/c1-24(13-16-11-12-19(22)27-16)14-20(25)23-18-10-6-5-9-17(18)21(26)15-7-3-2-4-8-15/h2-12H,13-14H2,1H3,(H,23,25). The number of nitrogens with one attached hydrogen (secondary N) is 1. The van der Waals surface area contributed by atoms with Crippen molar-refractivity contribution in [1.82, 2.24) is 4.90 Å². The minimum atomic E-state index is -0.173. The molecule has 27 heavy (non-hydrogen) atoms. The molecule has 138 valence electrons. The van der Waals surface area contributed by atoms with E-state index in [1.165, 1.54) is 11.3 Å². The van der Waals surface area contributed by atoms with Crippen molar-refractivity contribution in [1.29, 1.82) is 0 Å². The first-order valence-corrected chi connectivity index (χ1v) is 9.64. The second-order valence-corrected chi connectivity index (χ2v) is 7.97. The van der Waals surface area contributed by atoms with Gasteiger partial charge < -0.3 is 5.32 Å². The molecular formula is C21H19ClN2O2S. The molecule has 3 rings (SSSR count). The minimum absolute atomic E-state index is 0.118. The molecule has 2 aromatic carbocycles. The molecule has 0 spiro atoms. The fraction of sp³-hybridized carbons (Fsp3) is 0.143. The molecule has 1 heterocycles. The van der Waals surface area contributed by atoms with Crippen molar-refractivity contribution in [2.75, 3.05) is 18.9 Å². The van der Waals surface area contributed by atoms with Crippen LogP contribution in [-0.4, -0.2) is 30.2 Å². The van der Waals surface area contributed by atoms with Gasteiger partial charge in [-0.25, -0.2) is 0 Å². The largest absolute Gasteiger partial charge is 0.324 e. The number of carbonyl (C=O) groups excluding carboxylic acids is 2. The molecule has 0 radical (unpaired) electrons. The van der Waals surface area contributed by atoms with Crippen LogP contribution in [0.3, 0.4) is 0 Å². The summed E-state index contributed by atoms with van der Waals surface area (Å²) in [6, 6.07) is 19.9. The first-order valence-electron chi connectivity index (χ1n) is 8.44. The van der Waals surface area contributed by atoms with E-state index < -0.39 is 0 Å². The van der Waals surface area contributed by atoms with Crippen LogP contribution >= 0.6 is 22.9 Å². The Morgan fingerprint density at radius 1 is 1.00 bits per heavy atom. The number of carbonyl (C=O) groups is 2. The van der Waals surface area contributed by atoms with Gasteiger partial charge in [-0.2, -0.15) is 0 Å². The Morgan fingerprint density at radius 2 is 1.70 bits per heavy atom. The summed E-state index contributed by atoms with van der Waals surface area (Å²) in [6.07, 6.45) is 0. The summed E-state index contributed by atoms with van der Waals surface area (Å²) in [7, 11) is 1.87. The van der Waals surface area contributed by atoms with Gasteiger partial charge in [-0.1, -0.05) is 54.1 Å². The van der Waals surface area contributed by atoms with Crippen LogP contribution in [0.15, 0.2) is 66.7 Å². The molecule has 0 aliphatic rings. The molecule has 0 aliphatic carbocycles. The van der Waals surface area contributed by atoms with E-state index in [-0.39, 0.29) is 18.2 Å². The second-order valence-electron chi connectivity index (χ2n) is 6.17. The van der Waals surface area contributed by atoms with Crippen molar-refractivity contribution in [3.05, 3.63) is 87.1 Å². The van der Waals surface area contributed by atoms with Gasteiger partial charge >= 0.3 is 0 Å². The summed E-state index contributed by atoms with van der Waals surface area (Å²) in [5, 5.41) is 2.86. The molecule has 3 aromatic rings. The number of hydrogen-bond donors (Lipinski definition) is 1. The number of para-hydroxylation sites is 1. The van der Waals surface area contributed by atoms with Gasteiger partial charge in [0.2, 0.25) is 5.91 Å². The number of halogens is 1. The van der Waals surface area contributed by atoms with Gasteiger partial charge in [0, 0.05) is 22.5 Å². The Labute approximate surface area is 167 Å². The lowest BCUT2D eigenvalue weighted by Gasteiger charge is -2.16. The van der Waals surface area contributed by atoms with E-state index in [9.17, 15) is 9.59 Å². The topological polar surface area (TPSA) is 49.4 Å². The second kappa shape index (κ2) is 8.95. The Kier molecular flexibility index (Phi) is 6.40. The van der Waals surface area contributed by atoms with Gasteiger partial charge in [0.05, 0.1) is 16.6 Å². The lowest BCUT2D eigenvalue weighted by molar-refractivity contribution is -0.117. The quantitative estimate of drug-likeness (QED) is 0.587. The van der Waals surface area contributed by atoms with Crippen molar-refractivity contribution in [3.63, 3.8) is 0 Å². The Morgan fingerprint density at radius 3 is 2.41 bits per heavy atom. The zero-order valence-electron chi connectivity index (χ0n) is 14.8. The maximum atomic E-state index is 12.7. The van der Waals surface area contributed by atoms with Crippen molar-refractivity contribution >= 4 is 40.3 Å². The van der Waals surface area contributed by atoms with Gasteiger partial charge in [-0.15, -0.1) is 11.3 Å². The smallest absolute Gasteiger partial charge is 0.238 e. The van der Waals surface area contributed by atoms with Gasteiger partial charge in [0.25, 0.3) is 0 Å². The molecule has 0 unspecified atom stereocenters. The van der Waals surface area contributed by atoms with Crippen LogP contribution in [0.4, 0.5) is 5.69 Å². The van der Waals surface area contributed by atoms with Gasteiger partial charge in [-0.3, -0.25) is 14.5 Å². The van der Waals surface area contributed by atoms with E-state index in [4.69, 9.17) is 11.6 Å². The zero-order valence-corrected chi connectivity index (χ0v) is 16.4. The predicted molar refractivity (Wildman–Crippen MR) is 111 cm³/mol. The Balaban J connectivity index is 1.66. The van der Waals surface area contributed by atoms with E-state index in [0.717, 1.165) is 9.21 Å². The third-order valence-electron chi connectivity index (χ3n) is 3.95. The van der Waals surface area contributed by atoms with Crippen molar-refractivity contribution in [2.45, 2.75) is 6.54 Å². The van der Waals surface area contributed by atoms with Gasteiger partial charge in [0.1, 0.15) is 0 Å². The maximum Gasteiger partial charge on any atom is 0.238 e. The lowest BCUT2D eigenvalue weighted by atomic mass is 10.0. The summed E-state index contributed by atoms with van der Waals surface area (Å²) in [5.41, 5.74) is 1.58. The summed E-state index contributed by atoms with van der Waals surface area (Å²) in [6.45, 7) is 0.846. The molecule has 6 heteroatoms. The number of ketones is 1. The molecule has 0 fully saturated rings. The van der Waals surface area contributed by atoms with Gasteiger partial charge in [-0.05, 0) is 31.3 Å². The van der Waals surface area contributed by atoms with Crippen molar-refractivity contribution in [3.8, 4) is 0 Å². The monoisotopic (exact) mass is 398 g/mol. The average molecular weight is 399 g/mol. The Hall–Kier alpha value is -2.47. The Bertz CT molecular complexity index is 940. The van der Waals surface area contributed by atoms with E-state index >= 15 is 0 Å². The highest BCUT2D eigenvalue weighted by Crippen LogP contribution is 2.22. The number of amides is 1. The highest BCUT2D eigenvalue weighted by Gasteiger charge is 2.15. The maximum absolute atomic E-state index is 12.7. The molecule has 0 saturated heterocycles. The molecule has 0 bridgehead atoms. The predicted octanol–water partition coefficient (Wildman–Crippen LogP) is 4.70. The zero-order chi connectivity index (χ0) is 19.2. The fourth-order valence-corrected chi connectivity index (χ4v) is 3.90. The van der Waals surface area contributed by atoms with Crippen LogP contribution in [0.5, 0.6) is 0 Å². The molecule has 4 nitrogen and oxygen atoms in total. The highest BCUT2D eigenvalue weighted by molar-refractivity contribution is 7.16. The SMILES string of the molecule is CN(CC(=O)Nc1ccccc1C(=O)c1ccccc1)Cc1ccc(Cl)s1. The van der Waals surface area contributed by atoms with Gasteiger partial charge in [0.15, 0.2) is 5.78 Å². The summed E-state index contributed by atoms with van der Waals surface area (Å²) in [5.74, 6) is -0.290. The highest BCUT2D eigenvalue weighted by atomic mass is 35.5. The van der Waals surface area contributed by atoms with Crippen LogP contribution in [0, 0.1) is 0 Å². The molecule has 1 N–H and O–H groups in total.